The molecule has 108 valence electrons. The van der Waals surface area contributed by atoms with E-state index < -0.39 is 4.92 Å². The number of nitro benzene ring substituents is 1. The normalized spacial score (nSPS) is 9.70. The van der Waals surface area contributed by atoms with E-state index in [2.05, 4.69) is 16.0 Å². The second-order valence-corrected chi connectivity index (χ2v) is 3.92. The molecule has 0 spiro atoms. The molecule has 0 radical (unpaired) electrons. The first-order chi connectivity index (χ1) is 9.49. The fourth-order valence-corrected chi connectivity index (χ4v) is 1.55. The Balaban J connectivity index is 2.74. The summed E-state index contributed by atoms with van der Waals surface area (Å²) >= 11 is 0. The van der Waals surface area contributed by atoms with Gasteiger partial charge in [0.25, 0.3) is 11.6 Å². The Morgan fingerprint density at radius 1 is 1.30 bits per heavy atom. The number of carbonyl (C=O) groups is 2. The van der Waals surface area contributed by atoms with Crippen LogP contribution in [0.1, 0.15) is 16.8 Å². The molecule has 0 saturated carbocycles. The second-order valence-electron chi connectivity index (χ2n) is 3.92. The van der Waals surface area contributed by atoms with Crippen molar-refractivity contribution in [3.8, 4) is 0 Å². The van der Waals surface area contributed by atoms with Gasteiger partial charge in [-0.3, -0.25) is 19.7 Å². The van der Waals surface area contributed by atoms with Gasteiger partial charge in [-0.1, -0.05) is 0 Å². The van der Waals surface area contributed by atoms with E-state index in [1.165, 1.54) is 32.3 Å². The maximum Gasteiger partial charge on any atom is 0.292 e. The van der Waals surface area contributed by atoms with Gasteiger partial charge >= 0.3 is 0 Å². The second kappa shape index (κ2) is 7.07. The standard InChI is InChI=1S/C12H16N4O4/c1-13-9-7-8(3-4-10(9)16(19)20)12(18)15-6-5-11(17)14-2/h3-4,7,13H,5-6H2,1-2H3,(H,14,17)(H,15,18). The lowest BCUT2D eigenvalue weighted by molar-refractivity contribution is -0.383. The van der Waals surface area contributed by atoms with Gasteiger partial charge in [-0.15, -0.1) is 0 Å². The van der Waals surface area contributed by atoms with Gasteiger partial charge in [-0.2, -0.15) is 0 Å². The molecule has 0 atom stereocenters. The molecular formula is C12H16N4O4. The molecule has 1 rings (SSSR count). The smallest absolute Gasteiger partial charge is 0.292 e. The predicted molar refractivity (Wildman–Crippen MR) is 73.7 cm³/mol. The first kappa shape index (κ1) is 15.4. The van der Waals surface area contributed by atoms with Gasteiger partial charge in [0, 0.05) is 38.7 Å². The molecule has 0 aromatic heterocycles. The van der Waals surface area contributed by atoms with Crippen molar-refractivity contribution in [3.63, 3.8) is 0 Å². The molecule has 0 aliphatic carbocycles. The van der Waals surface area contributed by atoms with Crippen LogP contribution in [0.2, 0.25) is 0 Å². The van der Waals surface area contributed by atoms with Crippen molar-refractivity contribution >= 4 is 23.2 Å². The number of nitro groups is 1. The number of nitrogens with one attached hydrogen (secondary N) is 3. The van der Waals surface area contributed by atoms with Crippen LogP contribution in [-0.4, -0.2) is 37.4 Å². The summed E-state index contributed by atoms with van der Waals surface area (Å²) in [4.78, 5) is 33.1. The number of carbonyl (C=O) groups excluding carboxylic acids is 2. The van der Waals surface area contributed by atoms with Crippen molar-refractivity contribution < 1.29 is 14.5 Å². The summed E-state index contributed by atoms with van der Waals surface area (Å²) in [7, 11) is 3.05. The molecule has 8 nitrogen and oxygen atoms in total. The molecular weight excluding hydrogens is 264 g/mol. The van der Waals surface area contributed by atoms with Crippen molar-refractivity contribution in [3.05, 3.63) is 33.9 Å². The monoisotopic (exact) mass is 280 g/mol. The van der Waals surface area contributed by atoms with Crippen molar-refractivity contribution in [2.24, 2.45) is 0 Å². The Morgan fingerprint density at radius 3 is 2.55 bits per heavy atom. The van der Waals surface area contributed by atoms with Gasteiger partial charge in [-0.25, -0.2) is 0 Å². The number of anilines is 1. The van der Waals surface area contributed by atoms with Crippen LogP contribution in [0.3, 0.4) is 0 Å². The molecule has 8 heteroatoms. The fraction of sp³-hybridized carbons (Fsp3) is 0.333. The lowest BCUT2D eigenvalue weighted by atomic mass is 10.1. The van der Waals surface area contributed by atoms with E-state index in [-0.39, 0.29) is 41.7 Å². The summed E-state index contributed by atoms with van der Waals surface area (Å²) in [5, 5.41) is 18.4. The van der Waals surface area contributed by atoms with Crippen LogP contribution in [0.4, 0.5) is 11.4 Å². The van der Waals surface area contributed by atoms with Crippen LogP contribution in [0.5, 0.6) is 0 Å². The van der Waals surface area contributed by atoms with Crippen molar-refractivity contribution in [2.75, 3.05) is 26.0 Å². The minimum Gasteiger partial charge on any atom is -0.383 e. The SMILES string of the molecule is CNC(=O)CCNC(=O)c1ccc([N+](=O)[O-])c(NC)c1. The van der Waals surface area contributed by atoms with Gasteiger partial charge in [0.15, 0.2) is 0 Å². The number of hydrogen-bond donors (Lipinski definition) is 3. The van der Waals surface area contributed by atoms with Crippen LogP contribution in [-0.2, 0) is 4.79 Å². The fourth-order valence-electron chi connectivity index (χ4n) is 1.55. The summed E-state index contributed by atoms with van der Waals surface area (Å²) in [6.45, 7) is 0.199. The van der Waals surface area contributed by atoms with Crippen molar-refractivity contribution in [1.29, 1.82) is 0 Å². The first-order valence-electron chi connectivity index (χ1n) is 5.94. The lowest BCUT2D eigenvalue weighted by Gasteiger charge is -2.07. The molecule has 2 amide bonds. The zero-order valence-corrected chi connectivity index (χ0v) is 11.2. The maximum atomic E-state index is 11.8. The number of nitrogens with zero attached hydrogens (tertiary/aromatic N) is 1. The average Bonchev–Trinajstić information content (AvgIpc) is 2.45. The highest BCUT2D eigenvalue weighted by Crippen LogP contribution is 2.24. The van der Waals surface area contributed by atoms with E-state index in [4.69, 9.17) is 0 Å². The Labute approximate surface area is 115 Å². The first-order valence-corrected chi connectivity index (χ1v) is 5.94. The summed E-state index contributed by atoms with van der Waals surface area (Å²) in [6, 6.07) is 4.03. The number of rotatable bonds is 6. The van der Waals surface area contributed by atoms with Crippen molar-refractivity contribution in [2.45, 2.75) is 6.42 Å². The van der Waals surface area contributed by atoms with E-state index in [1.54, 1.807) is 0 Å². The van der Waals surface area contributed by atoms with E-state index in [0.29, 0.717) is 0 Å². The van der Waals surface area contributed by atoms with Gasteiger partial charge in [0.2, 0.25) is 5.91 Å². The van der Waals surface area contributed by atoms with Crippen LogP contribution in [0.15, 0.2) is 18.2 Å². The summed E-state index contributed by atoms with van der Waals surface area (Å²) in [6.07, 6.45) is 0.175. The van der Waals surface area contributed by atoms with Crippen molar-refractivity contribution in [1.82, 2.24) is 10.6 Å². The zero-order chi connectivity index (χ0) is 15.1. The number of benzene rings is 1. The van der Waals surface area contributed by atoms with Crippen LogP contribution in [0, 0.1) is 10.1 Å². The number of hydrogen-bond acceptors (Lipinski definition) is 5. The lowest BCUT2D eigenvalue weighted by Crippen LogP contribution is -2.29. The molecule has 0 saturated heterocycles. The molecule has 0 aliphatic heterocycles. The summed E-state index contributed by atoms with van der Waals surface area (Å²) in [5.41, 5.74) is 0.445. The maximum absolute atomic E-state index is 11.8. The molecule has 0 unspecified atom stereocenters. The molecule has 3 N–H and O–H groups in total. The highest BCUT2D eigenvalue weighted by molar-refractivity contribution is 5.96. The van der Waals surface area contributed by atoms with E-state index in [0.717, 1.165) is 0 Å². The Hall–Kier alpha value is -2.64. The Bertz CT molecular complexity index is 530. The minimum atomic E-state index is -0.529. The Kier molecular flexibility index (Phi) is 5.45. The topological polar surface area (TPSA) is 113 Å². The number of amides is 2. The molecule has 1 aromatic carbocycles. The molecule has 1 aromatic rings. The average molecular weight is 280 g/mol. The quantitative estimate of drug-likeness (QED) is 0.519. The van der Waals surface area contributed by atoms with Gasteiger partial charge in [0.05, 0.1) is 4.92 Å². The molecule has 20 heavy (non-hydrogen) atoms. The van der Waals surface area contributed by atoms with Gasteiger partial charge in [-0.05, 0) is 12.1 Å². The highest BCUT2D eigenvalue weighted by Gasteiger charge is 2.15. The molecule has 0 aliphatic rings. The van der Waals surface area contributed by atoms with E-state index in [9.17, 15) is 19.7 Å². The molecule has 0 bridgehead atoms. The largest absolute Gasteiger partial charge is 0.383 e. The van der Waals surface area contributed by atoms with E-state index in [1.807, 2.05) is 0 Å². The highest BCUT2D eigenvalue weighted by atomic mass is 16.6. The third kappa shape index (κ3) is 3.94. The summed E-state index contributed by atoms with van der Waals surface area (Å²) < 4.78 is 0. The Morgan fingerprint density at radius 2 is 2.00 bits per heavy atom. The van der Waals surface area contributed by atoms with E-state index >= 15 is 0 Å². The van der Waals surface area contributed by atoms with Crippen LogP contribution >= 0.6 is 0 Å². The van der Waals surface area contributed by atoms with Gasteiger partial charge in [0.1, 0.15) is 5.69 Å². The van der Waals surface area contributed by atoms with Gasteiger partial charge < -0.3 is 16.0 Å². The molecule has 0 fully saturated rings. The summed E-state index contributed by atoms with van der Waals surface area (Å²) in [5.74, 6) is -0.565. The van der Waals surface area contributed by atoms with Crippen LogP contribution in [0.25, 0.3) is 0 Å². The zero-order valence-electron chi connectivity index (χ0n) is 11.2. The third-order valence-corrected chi connectivity index (χ3v) is 2.64. The predicted octanol–water partition coefficient (Wildman–Crippen LogP) is 0.502. The molecule has 0 heterocycles. The van der Waals surface area contributed by atoms with Crippen LogP contribution < -0.4 is 16.0 Å². The minimum absolute atomic E-state index is 0.102. The third-order valence-electron chi connectivity index (χ3n) is 2.64.